The Morgan fingerprint density at radius 1 is 1.09 bits per heavy atom. The lowest BCUT2D eigenvalue weighted by molar-refractivity contribution is -0.115. The Morgan fingerprint density at radius 3 is 2.35 bits per heavy atom. The van der Waals surface area contributed by atoms with Gasteiger partial charge in [-0.25, -0.2) is 0 Å². The predicted octanol–water partition coefficient (Wildman–Crippen LogP) is 2.54. The first-order valence-electron chi connectivity index (χ1n) is 6.95. The summed E-state index contributed by atoms with van der Waals surface area (Å²) in [7, 11) is 2.82. The molecule has 0 saturated carbocycles. The van der Waals surface area contributed by atoms with E-state index in [1.54, 1.807) is 0 Å². The predicted molar refractivity (Wildman–Crippen MR) is 88.7 cm³/mol. The average Bonchev–Trinajstić information content (AvgIpc) is 2.51. The average molecular weight is 319 g/mol. The van der Waals surface area contributed by atoms with Crippen LogP contribution in [0.2, 0.25) is 0 Å². The van der Waals surface area contributed by atoms with Gasteiger partial charge in [-0.05, 0) is 13.8 Å². The number of ether oxygens (including phenoxy) is 1. The van der Waals surface area contributed by atoms with Gasteiger partial charge in [-0.1, -0.05) is 34.6 Å². The number of nitrogens with zero attached hydrogens (tertiary/aromatic N) is 3. The summed E-state index contributed by atoms with van der Waals surface area (Å²) in [6.07, 6.45) is 0. The minimum absolute atomic E-state index is 0.0713. The fraction of sp³-hybridized carbons (Fsp3) is 0.375. The van der Waals surface area contributed by atoms with Crippen molar-refractivity contribution in [1.29, 1.82) is 0 Å². The van der Waals surface area contributed by atoms with Gasteiger partial charge in [0.2, 0.25) is 11.8 Å². The van der Waals surface area contributed by atoms with E-state index in [2.05, 4.69) is 15.3 Å². The minimum atomic E-state index is -0.398. The molecule has 1 aromatic rings. The second-order valence-corrected chi connectivity index (χ2v) is 4.73. The van der Waals surface area contributed by atoms with E-state index in [1.165, 1.54) is 21.1 Å². The highest BCUT2D eigenvalue weighted by Gasteiger charge is 2.18. The number of methoxy groups -OCH3 is 1. The highest BCUT2D eigenvalue weighted by molar-refractivity contribution is 6.46. The normalized spacial score (nSPS) is 11.7. The molecule has 23 heavy (non-hydrogen) atoms. The zero-order valence-electron chi connectivity index (χ0n) is 14.0. The Kier molecular flexibility index (Phi) is 7.45. The Morgan fingerprint density at radius 2 is 1.78 bits per heavy atom. The molecule has 0 aliphatic rings. The lowest BCUT2D eigenvalue weighted by atomic mass is 10.0. The van der Waals surface area contributed by atoms with Crippen LogP contribution in [0.4, 0.5) is 0 Å². The highest BCUT2D eigenvalue weighted by Crippen LogP contribution is 2.14. The summed E-state index contributed by atoms with van der Waals surface area (Å²) in [4.78, 5) is 25.3. The van der Waals surface area contributed by atoms with Crippen LogP contribution in [0.5, 0.6) is 0 Å². The Labute approximate surface area is 135 Å². The van der Waals surface area contributed by atoms with Gasteiger partial charge in [-0.15, -0.1) is 0 Å². The van der Waals surface area contributed by atoms with Crippen LogP contribution < -0.4 is 0 Å². The summed E-state index contributed by atoms with van der Waals surface area (Å²) in [5.41, 5.74) is 2.60. The van der Waals surface area contributed by atoms with Gasteiger partial charge < -0.3 is 14.4 Å². The summed E-state index contributed by atoms with van der Waals surface area (Å²) in [5, 5.41) is 7.85. The zero-order chi connectivity index (χ0) is 17.2. The molecule has 0 aliphatic carbocycles. The highest BCUT2D eigenvalue weighted by atomic mass is 16.6. The van der Waals surface area contributed by atoms with Gasteiger partial charge >= 0.3 is 0 Å². The van der Waals surface area contributed by atoms with Crippen molar-refractivity contribution in [1.82, 2.24) is 0 Å². The van der Waals surface area contributed by atoms with Crippen molar-refractivity contribution in [2.75, 3.05) is 14.2 Å². The molecule has 7 heteroatoms. The molecule has 0 aliphatic heterocycles. The molecule has 0 bridgehead atoms. The third-order valence-corrected chi connectivity index (χ3v) is 2.58. The van der Waals surface area contributed by atoms with Gasteiger partial charge in [-0.3, -0.25) is 4.79 Å². The summed E-state index contributed by atoms with van der Waals surface area (Å²) in [5.74, 6) is -0.326. The number of carbonyl (C=O) groups is 1. The molecule has 0 saturated heterocycles. The van der Waals surface area contributed by atoms with Crippen molar-refractivity contribution in [2.24, 2.45) is 15.3 Å². The Bertz CT molecular complexity index is 632. The van der Waals surface area contributed by atoms with E-state index < -0.39 is 5.91 Å². The molecule has 1 rings (SSSR count). The number of amides is 1. The number of aliphatic imine (C=N–C) groups is 1. The van der Waals surface area contributed by atoms with Crippen molar-refractivity contribution in [3.8, 4) is 0 Å². The molecule has 7 nitrogen and oxygen atoms in total. The minimum Gasteiger partial charge on any atom is -0.479 e. The zero-order valence-corrected chi connectivity index (χ0v) is 14.0. The maximum atomic E-state index is 11.3. The first-order chi connectivity index (χ1) is 11.0. The SMILES string of the molecule is CON=C(C(=NC(C)=O)OC)c1ccccc1CON=C(C)C. The van der Waals surface area contributed by atoms with Crippen LogP contribution in [0, 0.1) is 0 Å². The van der Waals surface area contributed by atoms with Crippen molar-refractivity contribution in [2.45, 2.75) is 27.4 Å². The molecule has 0 aromatic heterocycles. The van der Waals surface area contributed by atoms with Crippen LogP contribution in [-0.2, 0) is 25.8 Å². The summed E-state index contributed by atoms with van der Waals surface area (Å²) >= 11 is 0. The van der Waals surface area contributed by atoms with Gasteiger partial charge in [0.05, 0.1) is 12.8 Å². The third kappa shape index (κ3) is 5.90. The molecular formula is C16H21N3O4. The van der Waals surface area contributed by atoms with Crippen molar-refractivity contribution in [3.05, 3.63) is 35.4 Å². The molecule has 0 N–H and O–H groups in total. The fourth-order valence-corrected chi connectivity index (χ4v) is 1.74. The van der Waals surface area contributed by atoms with Crippen LogP contribution in [0.1, 0.15) is 31.9 Å². The quantitative estimate of drug-likeness (QED) is 0.458. The van der Waals surface area contributed by atoms with E-state index in [0.717, 1.165) is 11.3 Å². The number of benzene rings is 1. The van der Waals surface area contributed by atoms with E-state index in [0.29, 0.717) is 11.3 Å². The Hall–Kier alpha value is -2.70. The molecular weight excluding hydrogens is 298 g/mol. The lowest BCUT2D eigenvalue weighted by Crippen LogP contribution is -2.21. The van der Waals surface area contributed by atoms with Gasteiger partial charge in [0.15, 0.2) is 5.71 Å². The standard InChI is InChI=1S/C16H21N3O4/c1-11(2)18-23-10-13-8-6-7-9-14(13)15(19-22-5)16(21-4)17-12(3)20/h6-9H,10H2,1-5H3. The summed E-state index contributed by atoms with van der Waals surface area (Å²) in [6, 6.07) is 7.37. The molecule has 0 atom stereocenters. The molecule has 0 radical (unpaired) electrons. The fourth-order valence-electron chi connectivity index (χ4n) is 1.74. The van der Waals surface area contributed by atoms with Crippen LogP contribution in [-0.4, -0.2) is 37.4 Å². The number of hydrogen-bond donors (Lipinski definition) is 0. The van der Waals surface area contributed by atoms with E-state index in [4.69, 9.17) is 14.4 Å². The molecule has 1 amide bonds. The second kappa shape index (κ2) is 9.34. The van der Waals surface area contributed by atoms with Crippen molar-refractivity contribution >= 4 is 23.2 Å². The summed E-state index contributed by atoms with van der Waals surface area (Å²) in [6.45, 7) is 5.25. The van der Waals surface area contributed by atoms with Crippen LogP contribution in [0.15, 0.2) is 39.6 Å². The molecule has 1 aromatic carbocycles. The van der Waals surface area contributed by atoms with Gasteiger partial charge in [0.25, 0.3) is 0 Å². The van der Waals surface area contributed by atoms with Crippen LogP contribution >= 0.6 is 0 Å². The van der Waals surface area contributed by atoms with Gasteiger partial charge in [-0.2, -0.15) is 4.99 Å². The van der Waals surface area contributed by atoms with E-state index >= 15 is 0 Å². The Balaban J connectivity index is 3.25. The molecule has 0 heterocycles. The number of carbonyl (C=O) groups excluding carboxylic acids is 1. The number of hydrogen-bond acceptors (Lipinski definition) is 6. The second-order valence-electron chi connectivity index (χ2n) is 4.73. The van der Waals surface area contributed by atoms with Crippen LogP contribution in [0.3, 0.4) is 0 Å². The molecule has 0 unspecified atom stereocenters. The topological polar surface area (TPSA) is 81.8 Å². The largest absolute Gasteiger partial charge is 0.479 e. The third-order valence-electron chi connectivity index (χ3n) is 2.58. The van der Waals surface area contributed by atoms with E-state index in [-0.39, 0.29) is 12.5 Å². The maximum absolute atomic E-state index is 11.3. The maximum Gasteiger partial charge on any atom is 0.246 e. The van der Waals surface area contributed by atoms with Crippen LogP contribution in [0.25, 0.3) is 0 Å². The molecule has 0 spiro atoms. The van der Waals surface area contributed by atoms with E-state index in [9.17, 15) is 4.79 Å². The number of oxime groups is 2. The molecule has 0 fully saturated rings. The van der Waals surface area contributed by atoms with Gasteiger partial charge in [0.1, 0.15) is 13.7 Å². The molecule has 124 valence electrons. The first kappa shape index (κ1) is 18.3. The van der Waals surface area contributed by atoms with Crippen molar-refractivity contribution < 1.29 is 19.2 Å². The lowest BCUT2D eigenvalue weighted by Gasteiger charge is -2.12. The van der Waals surface area contributed by atoms with E-state index in [1.807, 2.05) is 38.1 Å². The number of rotatable bonds is 6. The summed E-state index contributed by atoms with van der Waals surface area (Å²) < 4.78 is 5.18. The monoisotopic (exact) mass is 319 g/mol. The van der Waals surface area contributed by atoms with Crippen molar-refractivity contribution in [3.63, 3.8) is 0 Å². The van der Waals surface area contributed by atoms with Gasteiger partial charge in [0, 0.05) is 18.1 Å². The first-order valence-corrected chi connectivity index (χ1v) is 6.95. The smallest absolute Gasteiger partial charge is 0.246 e.